The summed E-state index contributed by atoms with van der Waals surface area (Å²) in [5.41, 5.74) is 1.21. The molecule has 3 aromatic rings. The van der Waals surface area contributed by atoms with Crippen LogP contribution in [0.5, 0.6) is 0 Å². The van der Waals surface area contributed by atoms with E-state index in [0.717, 1.165) is 51.1 Å². The van der Waals surface area contributed by atoms with Gasteiger partial charge in [-0.15, -0.1) is 0 Å². The van der Waals surface area contributed by atoms with E-state index in [9.17, 15) is 9.59 Å². The summed E-state index contributed by atoms with van der Waals surface area (Å²) in [7, 11) is -1.95. The fourth-order valence-electron chi connectivity index (χ4n) is 15.6. The van der Waals surface area contributed by atoms with Gasteiger partial charge in [-0.3, -0.25) is 9.59 Å². The first-order valence-electron chi connectivity index (χ1n) is 24.4. The van der Waals surface area contributed by atoms with Gasteiger partial charge in [0.25, 0.3) is 0 Å². The fourth-order valence-corrected chi connectivity index (χ4v) is 19.7. The highest BCUT2D eigenvalue weighted by Gasteiger charge is 2.72. The first-order valence-corrected chi connectivity index (χ1v) is 26.3. The monoisotopic (exact) mass is 954 g/mol. The van der Waals surface area contributed by atoms with Crippen molar-refractivity contribution >= 4 is 35.1 Å². The second-order valence-electron chi connectivity index (χ2n) is 21.7. The first-order chi connectivity index (χ1) is 30.1. The van der Waals surface area contributed by atoms with Gasteiger partial charge in [-0.1, -0.05) is 101 Å². The van der Waals surface area contributed by atoms with Crippen LogP contribution in [0.25, 0.3) is 0 Å². The zero-order valence-electron chi connectivity index (χ0n) is 39.9. The van der Waals surface area contributed by atoms with Gasteiger partial charge in [0.05, 0.1) is 38.0 Å². The summed E-state index contributed by atoms with van der Waals surface area (Å²) in [6.45, 7) is 23.1. The molecule has 0 unspecified atom stereocenters. The van der Waals surface area contributed by atoms with Gasteiger partial charge >= 0.3 is 11.9 Å². The molecule has 0 spiro atoms. The summed E-state index contributed by atoms with van der Waals surface area (Å²) in [6.07, 6.45) is 11.5. The van der Waals surface area contributed by atoms with Crippen molar-refractivity contribution in [2.75, 3.05) is 39.2 Å². The number of carbonyl (C=O) groups is 2. The minimum atomic E-state index is -1.95. The number of fused-ring (bicyclic) bond motifs is 7. The lowest BCUT2D eigenvalue weighted by molar-refractivity contribution is -0.250. The molecule has 0 bridgehead atoms. The quantitative estimate of drug-likeness (QED) is 0.0664. The molecule has 0 amide bonds. The predicted octanol–water partition coefficient (Wildman–Crippen LogP) is 8.15. The highest BCUT2D eigenvalue weighted by atomic mass is 79.9. The van der Waals surface area contributed by atoms with E-state index in [1.54, 1.807) is 6.92 Å². The van der Waals surface area contributed by atoms with Crippen molar-refractivity contribution in [1.82, 2.24) is 0 Å². The molecule has 5 saturated carbocycles. The van der Waals surface area contributed by atoms with Crippen LogP contribution in [-0.4, -0.2) is 57.2 Å². The molecule has 10 atom stereocenters. The number of rotatable bonds is 15. The highest BCUT2D eigenvalue weighted by molar-refractivity contribution is 7.95. The van der Waals surface area contributed by atoms with E-state index in [4.69, 9.17) is 18.9 Å². The molecule has 5 aliphatic rings. The Morgan fingerprint density at radius 2 is 1.19 bits per heavy atom. The zero-order valence-corrected chi connectivity index (χ0v) is 42.4. The van der Waals surface area contributed by atoms with E-state index in [-0.39, 0.29) is 69.2 Å². The topological polar surface area (TPSA) is 71.1 Å². The van der Waals surface area contributed by atoms with Gasteiger partial charge in [0.15, 0.2) is 0 Å². The summed E-state index contributed by atoms with van der Waals surface area (Å²) in [5, 5.41) is 4.07. The van der Waals surface area contributed by atoms with Crippen LogP contribution in [0.15, 0.2) is 103 Å². The van der Waals surface area contributed by atoms with E-state index in [0.29, 0.717) is 50.1 Å². The van der Waals surface area contributed by atoms with E-state index in [2.05, 4.69) is 139 Å². The van der Waals surface area contributed by atoms with E-state index < -0.39 is 12.7 Å². The standard InChI is InChI=1S/C56H76O6P.BrH/c1-40(2)45-26-31-56(33-32-54(7)46(50(45)56)24-25-48-53(6)29-28-49(62-41(3)57)52(4,5)47(53)27-30-55(48,54)8)51(58)61-37-36-59-34-35-60-38-39-63(42-18-12-9-13-19-42,43-20-14-10-15-21-43)44-22-16-11-17-23-44;/h9-23,45-50H,1,24-39H2,2-8H3;1H/q+1;/p-1/t45-,46+,47-,48+,49-,50+,53-,54+,55+,56-;/m0./s1. The summed E-state index contributed by atoms with van der Waals surface area (Å²) in [4.78, 5) is 26.7. The Balaban J connectivity index is 0.00000612. The summed E-state index contributed by atoms with van der Waals surface area (Å²) < 4.78 is 24.6. The summed E-state index contributed by atoms with van der Waals surface area (Å²) in [5.74, 6) is 2.01. The number of carbonyl (C=O) groups excluding carboxylic acids is 2. The lowest BCUT2D eigenvalue weighted by Crippen LogP contribution is -3.00. The van der Waals surface area contributed by atoms with E-state index >= 15 is 0 Å². The van der Waals surface area contributed by atoms with Crippen LogP contribution < -0.4 is 32.9 Å². The number of allylic oxidation sites excluding steroid dienone is 1. The number of hydrogen-bond donors (Lipinski definition) is 0. The molecule has 5 fully saturated rings. The van der Waals surface area contributed by atoms with Gasteiger partial charge in [0, 0.05) is 12.3 Å². The van der Waals surface area contributed by atoms with Crippen molar-refractivity contribution in [2.45, 2.75) is 119 Å². The molecule has 3 aromatic carbocycles. The average molecular weight is 956 g/mol. The number of benzene rings is 3. The van der Waals surface area contributed by atoms with Gasteiger partial charge < -0.3 is 35.9 Å². The van der Waals surface area contributed by atoms with Crippen LogP contribution in [0, 0.1) is 56.7 Å². The molecule has 64 heavy (non-hydrogen) atoms. The van der Waals surface area contributed by atoms with Crippen LogP contribution in [0.2, 0.25) is 0 Å². The maximum Gasteiger partial charge on any atom is 0.312 e. The molecule has 5 aliphatic carbocycles. The zero-order chi connectivity index (χ0) is 44.7. The second-order valence-corrected chi connectivity index (χ2v) is 25.3. The van der Waals surface area contributed by atoms with Crippen molar-refractivity contribution in [3.8, 4) is 0 Å². The SMILES string of the molecule is C=C(C)[C@@H]1CC[C@]2(C(=O)OCCOCCOCC[P+](c3ccccc3)(c3ccccc3)c3ccccc3)CC[C@]3(C)[C@H](CC[C@@H]4[C@@]5(C)CC[C@H](OC(C)=O)C(C)(C)[C@@H]5CC[C@]43C)[C@@H]12.[Br-]. The maximum absolute atomic E-state index is 14.6. The van der Waals surface area contributed by atoms with Crippen LogP contribution in [0.3, 0.4) is 0 Å². The molecule has 348 valence electrons. The average Bonchev–Trinajstić information content (AvgIpc) is 3.68. The molecular formula is C56H76BrO6P. The molecule has 0 N–H and O–H groups in total. The Kier molecular flexibility index (Phi) is 14.9. The van der Waals surface area contributed by atoms with Crippen LogP contribution >= 0.6 is 7.26 Å². The van der Waals surface area contributed by atoms with E-state index in [1.807, 2.05) is 0 Å². The van der Waals surface area contributed by atoms with Gasteiger partial charge in [-0.05, 0) is 153 Å². The molecule has 0 aromatic heterocycles. The molecule has 8 heteroatoms. The lowest BCUT2D eigenvalue weighted by Gasteiger charge is -2.72. The summed E-state index contributed by atoms with van der Waals surface area (Å²) >= 11 is 0. The molecule has 8 rings (SSSR count). The fraction of sp³-hybridized carbons (Fsp3) is 0.607. The number of ether oxygens (including phenoxy) is 4. The molecule has 6 nitrogen and oxygen atoms in total. The molecule has 0 radical (unpaired) electrons. The van der Waals surface area contributed by atoms with Crippen molar-refractivity contribution < 1.29 is 45.5 Å². The molecule has 0 saturated heterocycles. The summed E-state index contributed by atoms with van der Waals surface area (Å²) in [6, 6.07) is 32.8. The number of hydrogen-bond acceptors (Lipinski definition) is 6. The van der Waals surface area contributed by atoms with Gasteiger partial charge in [-0.2, -0.15) is 0 Å². The third kappa shape index (κ3) is 8.32. The largest absolute Gasteiger partial charge is 1.00 e. The van der Waals surface area contributed by atoms with Crippen molar-refractivity contribution in [1.29, 1.82) is 0 Å². The third-order valence-electron chi connectivity index (χ3n) is 18.7. The lowest BCUT2D eigenvalue weighted by atomic mass is 9.32. The predicted molar refractivity (Wildman–Crippen MR) is 257 cm³/mol. The highest BCUT2D eigenvalue weighted by Crippen LogP contribution is 2.77. The van der Waals surface area contributed by atoms with Crippen molar-refractivity contribution in [3.05, 3.63) is 103 Å². The second kappa shape index (κ2) is 19.4. The molecule has 0 heterocycles. The smallest absolute Gasteiger partial charge is 0.312 e. The van der Waals surface area contributed by atoms with Gasteiger partial charge in [0.1, 0.15) is 35.9 Å². The van der Waals surface area contributed by atoms with Gasteiger partial charge in [0.2, 0.25) is 0 Å². The number of esters is 2. The minimum absolute atomic E-state index is 0. The van der Waals surface area contributed by atoms with Crippen LogP contribution in [0.1, 0.15) is 113 Å². The van der Waals surface area contributed by atoms with Crippen molar-refractivity contribution in [3.63, 3.8) is 0 Å². The third-order valence-corrected chi connectivity index (χ3v) is 23.1. The Hall–Kier alpha value is -2.83. The normalized spacial score (nSPS) is 33.9. The Bertz CT molecular complexity index is 1980. The van der Waals surface area contributed by atoms with Crippen molar-refractivity contribution in [2.24, 2.45) is 56.7 Å². The van der Waals surface area contributed by atoms with Crippen LogP contribution in [-0.2, 0) is 28.5 Å². The minimum Gasteiger partial charge on any atom is -1.00 e. The maximum atomic E-state index is 14.6. The molecule has 0 aliphatic heterocycles. The van der Waals surface area contributed by atoms with E-state index in [1.165, 1.54) is 40.7 Å². The molecular weight excluding hydrogens is 879 g/mol. The number of halogens is 1. The van der Waals surface area contributed by atoms with Crippen LogP contribution in [0.4, 0.5) is 0 Å². The Morgan fingerprint density at radius 1 is 0.625 bits per heavy atom. The first kappa shape index (κ1) is 49.1. The Labute approximate surface area is 396 Å². The Morgan fingerprint density at radius 3 is 1.75 bits per heavy atom. The van der Waals surface area contributed by atoms with Gasteiger partial charge in [-0.25, -0.2) is 0 Å².